The average Bonchev–Trinajstić information content (AvgIpc) is 2.68. The number of ether oxygens (including phenoxy) is 1. The number of aromatic hydroxyl groups is 2. The lowest BCUT2D eigenvalue weighted by atomic mass is 9.89. The normalized spacial score (nSPS) is 16.1. The van der Waals surface area contributed by atoms with Crippen molar-refractivity contribution in [3.63, 3.8) is 0 Å². The lowest BCUT2D eigenvalue weighted by molar-refractivity contribution is 0.305. The number of phenols is 2. The van der Waals surface area contributed by atoms with Crippen molar-refractivity contribution in [1.29, 1.82) is 0 Å². The highest BCUT2D eigenvalue weighted by molar-refractivity contribution is 5.50. The lowest BCUT2D eigenvalue weighted by Gasteiger charge is -2.28. The number of hydrogen-bond acceptors (Lipinski definition) is 4. The summed E-state index contributed by atoms with van der Waals surface area (Å²) in [7, 11) is 0. The van der Waals surface area contributed by atoms with Crippen LogP contribution in [-0.4, -0.2) is 16.8 Å². The molecule has 0 amide bonds. The first-order chi connectivity index (χ1) is 12.7. The Labute approximate surface area is 152 Å². The first-order valence-corrected chi connectivity index (χ1v) is 8.75. The number of hydrogen-bond donors (Lipinski definition) is 3. The van der Waals surface area contributed by atoms with Crippen molar-refractivity contribution in [1.82, 2.24) is 5.32 Å². The van der Waals surface area contributed by atoms with Crippen LogP contribution in [0.25, 0.3) is 0 Å². The van der Waals surface area contributed by atoms with E-state index in [0.717, 1.165) is 41.0 Å². The molecule has 0 saturated heterocycles. The zero-order chi connectivity index (χ0) is 17.9. The predicted molar refractivity (Wildman–Crippen MR) is 101 cm³/mol. The molecule has 3 N–H and O–H groups in total. The number of nitrogens with one attached hydrogen (secondary N) is 1. The molecule has 1 heterocycles. The second kappa shape index (κ2) is 7.10. The SMILES string of the molecule is Oc1cc2c(cc1O)C(c1cccc(OCc3ccccc3)c1)NCC2. The Kier molecular flexibility index (Phi) is 4.50. The van der Waals surface area contributed by atoms with Crippen LogP contribution in [0.15, 0.2) is 66.7 Å². The van der Waals surface area contributed by atoms with Gasteiger partial charge in [0, 0.05) is 6.54 Å². The van der Waals surface area contributed by atoms with E-state index in [2.05, 4.69) is 5.32 Å². The fraction of sp³-hybridized carbons (Fsp3) is 0.182. The average molecular weight is 347 g/mol. The lowest BCUT2D eigenvalue weighted by Crippen LogP contribution is -2.30. The van der Waals surface area contributed by atoms with Crippen molar-refractivity contribution in [2.24, 2.45) is 0 Å². The first-order valence-electron chi connectivity index (χ1n) is 8.75. The third-order valence-corrected chi connectivity index (χ3v) is 4.73. The van der Waals surface area contributed by atoms with Gasteiger partial charge in [-0.05, 0) is 52.9 Å². The minimum absolute atomic E-state index is 0.0366. The van der Waals surface area contributed by atoms with Gasteiger partial charge in [0.1, 0.15) is 12.4 Å². The summed E-state index contributed by atoms with van der Waals surface area (Å²) in [6.45, 7) is 1.34. The second-order valence-corrected chi connectivity index (χ2v) is 6.52. The van der Waals surface area contributed by atoms with E-state index in [0.29, 0.717) is 6.61 Å². The molecule has 0 fully saturated rings. The van der Waals surface area contributed by atoms with E-state index in [1.165, 1.54) is 0 Å². The molecule has 0 aromatic heterocycles. The van der Waals surface area contributed by atoms with Crippen LogP contribution < -0.4 is 10.1 Å². The van der Waals surface area contributed by atoms with Gasteiger partial charge in [-0.25, -0.2) is 0 Å². The minimum Gasteiger partial charge on any atom is -0.504 e. The van der Waals surface area contributed by atoms with Gasteiger partial charge in [-0.15, -0.1) is 0 Å². The maximum atomic E-state index is 9.90. The van der Waals surface area contributed by atoms with Crippen LogP contribution in [0.4, 0.5) is 0 Å². The van der Waals surface area contributed by atoms with Crippen LogP contribution in [0.2, 0.25) is 0 Å². The van der Waals surface area contributed by atoms with Crippen LogP contribution >= 0.6 is 0 Å². The van der Waals surface area contributed by atoms with Crippen LogP contribution in [-0.2, 0) is 13.0 Å². The molecule has 3 aromatic carbocycles. The van der Waals surface area contributed by atoms with Gasteiger partial charge in [0.15, 0.2) is 11.5 Å². The Hall–Kier alpha value is -2.98. The van der Waals surface area contributed by atoms with Gasteiger partial charge >= 0.3 is 0 Å². The third kappa shape index (κ3) is 3.37. The fourth-order valence-corrected chi connectivity index (χ4v) is 3.40. The van der Waals surface area contributed by atoms with Crippen molar-refractivity contribution < 1.29 is 14.9 Å². The standard InChI is InChI=1S/C22H21NO3/c24-20-12-16-9-10-23-22(19(16)13-21(20)25)17-7-4-8-18(11-17)26-14-15-5-2-1-3-6-15/h1-8,11-13,22-25H,9-10,14H2. The molecule has 4 nitrogen and oxygen atoms in total. The highest BCUT2D eigenvalue weighted by Gasteiger charge is 2.23. The van der Waals surface area contributed by atoms with Crippen molar-refractivity contribution in [2.45, 2.75) is 19.1 Å². The van der Waals surface area contributed by atoms with Crippen molar-refractivity contribution in [2.75, 3.05) is 6.54 Å². The van der Waals surface area contributed by atoms with E-state index in [-0.39, 0.29) is 17.5 Å². The van der Waals surface area contributed by atoms with E-state index in [1.807, 2.05) is 54.6 Å². The maximum Gasteiger partial charge on any atom is 0.157 e. The van der Waals surface area contributed by atoms with Crippen molar-refractivity contribution in [3.8, 4) is 17.2 Å². The smallest absolute Gasteiger partial charge is 0.157 e. The van der Waals surface area contributed by atoms with Crippen LogP contribution in [0.1, 0.15) is 28.3 Å². The van der Waals surface area contributed by atoms with Crippen LogP contribution in [0.5, 0.6) is 17.2 Å². The summed E-state index contributed by atoms with van der Waals surface area (Å²) in [5.41, 5.74) is 4.24. The maximum absolute atomic E-state index is 9.90. The summed E-state index contributed by atoms with van der Waals surface area (Å²) in [4.78, 5) is 0. The van der Waals surface area contributed by atoms with Gasteiger partial charge in [-0.3, -0.25) is 0 Å². The summed E-state index contributed by atoms with van der Waals surface area (Å²) in [5.74, 6) is 0.654. The monoisotopic (exact) mass is 347 g/mol. The van der Waals surface area contributed by atoms with Gasteiger partial charge in [0.25, 0.3) is 0 Å². The molecule has 0 aliphatic carbocycles. The number of fused-ring (bicyclic) bond motifs is 1. The largest absolute Gasteiger partial charge is 0.504 e. The van der Waals surface area contributed by atoms with E-state index in [4.69, 9.17) is 4.74 Å². The molecule has 132 valence electrons. The Morgan fingerprint density at radius 2 is 1.73 bits per heavy atom. The molecule has 4 heteroatoms. The molecule has 0 radical (unpaired) electrons. The molecule has 1 atom stereocenters. The van der Waals surface area contributed by atoms with Crippen LogP contribution in [0, 0.1) is 0 Å². The highest BCUT2D eigenvalue weighted by Crippen LogP contribution is 2.36. The molecule has 26 heavy (non-hydrogen) atoms. The van der Waals surface area contributed by atoms with Gasteiger partial charge in [-0.2, -0.15) is 0 Å². The molecule has 3 aromatic rings. The van der Waals surface area contributed by atoms with Gasteiger partial charge < -0.3 is 20.3 Å². The molecule has 0 spiro atoms. The summed E-state index contributed by atoms with van der Waals surface area (Å²) in [6, 6.07) is 21.3. The minimum atomic E-state index is -0.0890. The zero-order valence-electron chi connectivity index (χ0n) is 14.4. The van der Waals surface area contributed by atoms with Gasteiger partial charge in [0.05, 0.1) is 6.04 Å². The Morgan fingerprint density at radius 3 is 2.58 bits per heavy atom. The Morgan fingerprint density at radius 1 is 0.923 bits per heavy atom. The van der Waals surface area contributed by atoms with Crippen LogP contribution in [0.3, 0.4) is 0 Å². The summed E-state index contributed by atoms with van der Waals surface area (Å²) in [5, 5.41) is 23.2. The molecule has 0 bridgehead atoms. The van der Waals surface area contributed by atoms with E-state index in [1.54, 1.807) is 12.1 Å². The Bertz CT molecular complexity index is 909. The molecule has 0 saturated carbocycles. The third-order valence-electron chi connectivity index (χ3n) is 4.73. The number of benzene rings is 3. The summed E-state index contributed by atoms with van der Waals surface area (Å²) < 4.78 is 5.94. The second-order valence-electron chi connectivity index (χ2n) is 6.52. The molecule has 1 aliphatic rings. The molecule has 1 aliphatic heterocycles. The highest BCUT2D eigenvalue weighted by atomic mass is 16.5. The molecular formula is C22H21NO3. The van der Waals surface area contributed by atoms with E-state index in [9.17, 15) is 10.2 Å². The molecular weight excluding hydrogens is 326 g/mol. The van der Waals surface area contributed by atoms with E-state index >= 15 is 0 Å². The van der Waals surface area contributed by atoms with E-state index < -0.39 is 0 Å². The quantitative estimate of drug-likeness (QED) is 0.626. The topological polar surface area (TPSA) is 61.7 Å². The van der Waals surface area contributed by atoms with Gasteiger partial charge in [0.2, 0.25) is 0 Å². The molecule has 1 unspecified atom stereocenters. The predicted octanol–water partition coefficient (Wildman–Crippen LogP) is 3.91. The summed E-state index contributed by atoms with van der Waals surface area (Å²) >= 11 is 0. The molecule has 4 rings (SSSR count). The number of phenolic OH excluding ortho intramolecular Hbond substituents is 2. The van der Waals surface area contributed by atoms with Gasteiger partial charge in [-0.1, -0.05) is 42.5 Å². The first kappa shape index (κ1) is 16.5. The van der Waals surface area contributed by atoms with Crippen molar-refractivity contribution in [3.05, 3.63) is 89.0 Å². The zero-order valence-corrected chi connectivity index (χ0v) is 14.4. The fourth-order valence-electron chi connectivity index (χ4n) is 3.40. The number of rotatable bonds is 4. The Balaban J connectivity index is 1.59. The van der Waals surface area contributed by atoms with Crippen molar-refractivity contribution >= 4 is 0 Å². The summed E-state index contributed by atoms with van der Waals surface area (Å²) in [6.07, 6.45) is 0.823.